The van der Waals surface area contributed by atoms with Crippen LogP contribution in [-0.2, 0) is 22.5 Å². The monoisotopic (exact) mass is 251 g/mol. The van der Waals surface area contributed by atoms with Gasteiger partial charge >= 0.3 is 5.97 Å². The molecule has 1 fully saturated rings. The van der Waals surface area contributed by atoms with Crippen LogP contribution in [0.15, 0.2) is 0 Å². The molecule has 6 heteroatoms. The van der Waals surface area contributed by atoms with Crippen molar-refractivity contribution in [1.29, 1.82) is 0 Å². The van der Waals surface area contributed by atoms with Gasteiger partial charge in [0, 0.05) is 25.5 Å². The molecule has 98 valence electrons. The number of carboxylic acid groups (broad SMARTS) is 1. The predicted molar refractivity (Wildman–Crippen MR) is 62.3 cm³/mol. The lowest BCUT2D eigenvalue weighted by atomic mass is 9.96. The maximum Gasteiger partial charge on any atom is 0.307 e. The van der Waals surface area contributed by atoms with E-state index < -0.39 is 5.97 Å². The van der Waals surface area contributed by atoms with Crippen LogP contribution in [0.3, 0.4) is 0 Å². The largest absolute Gasteiger partial charge is 0.481 e. The van der Waals surface area contributed by atoms with Crippen molar-refractivity contribution < 1.29 is 14.6 Å². The van der Waals surface area contributed by atoms with E-state index in [1.165, 1.54) is 0 Å². The van der Waals surface area contributed by atoms with Crippen LogP contribution in [0.1, 0.15) is 36.8 Å². The lowest BCUT2D eigenvalue weighted by Gasteiger charge is -2.25. The predicted octanol–water partition coefficient (Wildman–Crippen LogP) is 0.819. The number of nitrogens with zero attached hydrogens (tertiary/aromatic N) is 3. The number of ether oxygens (including phenoxy) is 1. The highest BCUT2D eigenvalue weighted by Crippen LogP contribution is 2.28. The van der Waals surface area contributed by atoms with Gasteiger partial charge in [-0.25, -0.2) is 0 Å². The molecule has 0 spiro atoms. The van der Waals surface area contributed by atoms with Crippen molar-refractivity contribution in [3.8, 4) is 0 Å². The molecule has 2 atom stereocenters. The van der Waals surface area contributed by atoms with Gasteiger partial charge in [0.1, 0.15) is 11.6 Å². The number of fused-ring (bicyclic) bond motifs is 1. The van der Waals surface area contributed by atoms with Crippen LogP contribution >= 0.6 is 0 Å². The van der Waals surface area contributed by atoms with Gasteiger partial charge in [0.25, 0.3) is 0 Å². The van der Waals surface area contributed by atoms with E-state index in [1.807, 2.05) is 0 Å². The van der Waals surface area contributed by atoms with Crippen molar-refractivity contribution in [2.24, 2.45) is 5.92 Å². The van der Waals surface area contributed by atoms with E-state index in [-0.39, 0.29) is 5.92 Å². The first-order valence-corrected chi connectivity index (χ1v) is 6.48. The molecule has 0 saturated carbocycles. The summed E-state index contributed by atoms with van der Waals surface area (Å²) in [5.41, 5.74) is 0. The summed E-state index contributed by atoms with van der Waals surface area (Å²) in [6.07, 6.45) is 3.31. The molecule has 3 rings (SSSR count). The Hall–Kier alpha value is -1.43. The zero-order valence-electron chi connectivity index (χ0n) is 10.2. The molecule has 0 aromatic carbocycles. The molecule has 0 radical (unpaired) electrons. The standard InChI is InChI=1S/C12H17N3O3/c16-12(17)8-3-4-15-10(6-8)13-14-11(15)9-2-1-5-18-7-9/h8-9H,1-7H2,(H,16,17). The maximum absolute atomic E-state index is 11.0. The van der Waals surface area contributed by atoms with Crippen LogP contribution in [0, 0.1) is 5.92 Å². The summed E-state index contributed by atoms with van der Waals surface area (Å²) in [7, 11) is 0. The second-order valence-corrected chi connectivity index (χ2v) is 5.07. The first-order chi connectivity index (χ1) is 8.75. The van der Waals surface area contributed by atoms with E-state index in [4.69, 9.17) is 9.84 Å². The minimum atomic E-state index is -0.730. The number of hydrogen-bond donors (Lipinski definition) is 1. The summed E-state index contributed by atoms with van der Waals surface area (Å²) in [4.78, 5) is 11.0. The summed E-state index contributed by atoms with van der Waals surface area (Å²) in [5.74, 6) is 1.08. The Labute approximate surface area is 105 Å². The third kappa shape index (κ3) is 2.01. The number of aliphatic carboxylic acids is 1. The number of aromatic nitrogens is 3. The van der Waals surface area contributed by atoms with E-state index in [0.717, 1.165) is 31.1 Å². The normalized spacial score (nSPS) is 27.8. The smallest absolute Gasteiger partial charge is 0.307 e. The number of hydrogen-bond acceptors (Lipinski definition) is 4. The number of rotatable bonds is 2. The Bertz CT molecular complexity index is 451. The van der Waals surface area contributed by atoms with Gasteiger partial charge in [-0.3, -0.25) is 4.79 Å². The molecular weight excluding hydrogens is 234 g/mol. The van der Waals surface area contributed by atoms with E-state index in [9.17, 15) is 4.79 Å². The Kier molecular flexibility index (Phi) is 3.03. The highest BCUT2D eigenvalue weighted by molar-refractivity contribution is 5.70. The molecule has 3 heterocycles. The molecule has 2 aliphatic rings. The van der Waals surface area contributed by atoms with Crippen LogP contribution in [-0.4, -0.2) is 39.1 Å². The fraction of sp³-hybridized carbons (Fsp3) is 0.750. The van der Waals surface area contributed by atoms with E-state index in [1.54, 1.807) is 0 Å². The maximum atomic E-state index is 11.0. The summed E-state index contributed by atoms with van der Waals surface area (Å²) in [6, 6.07) is 0. The minimum Gasteiger partial charge on any atom is -0.481 e. The lowest BCUT2D eigenvalue weighted by Crippen LogP contribution is -2.28. The van der Waals surface area contributed by atoms with Crippen molar-refractivity contribution in [3.05, 3.63) is 11.6 Å². The second kappa shape index (κ2) is 4.68. The Morgan fingerprint density at radius 2 is 2.28 bits per heavy atom. The fourth-order valence-electron chi connectivity index (χ4n) is 2.81. The summed E-state index contributed by atoms with van der Waals surface area (Å²) < 4.78 is 7.58. The Morgan fingerprint density at radius 3 is 3.00 bits per heavy atom. The van der Waals surface area contributed by atoms with Crippen molar-refractivity contribution >= 4 is 5.97 Å². The third-order valence-corrected chi connectivity index (χ3v) is 3.86. The Balaban J connectivity index is 1.81. The SMILES string of the molecule is O=C(O)C1CCn2c(nnc2C2CCCOC2)C1. The van der Waals surface area contributed by atoms with Crippen molar-refractivity contribution in [2.45, 2.75) is 38.1 Å². The lowest BCUT2D eigenvalue weighted by molar-refractivity contribution is -0.142. The first-order valence-electron chi connectivity index (χ1n) is 6.48. The molecular formula is C12H17N3O3. The van der Waals surface area contributed by atoms with Crippen molar-refractivity contribution in [1.82, 2.24) is 14.8 Å². The number of carboxylic acids is 1. The van der Waals surface area contributed by atoms with Gasteiger partial charge in [0.2, 0.25) is 0 Å². The zero-order valence-corrected chi connectivity index (χ0v) is 10.2. The molecule has 1 aromatic heterocycles. The molecule has 0 bridgehead atoms. The summed E-state index contributed by atoms with van der Waals surface area (Å²) in [6.45, 7) is 2.25. The molecule has 1 aromatic rings. The average molecular weight is 251 g/mol. The minimum absolute atomic E-state index is 0.308. The van der Waals surface area contributed by atoms with Gasteiger partial charge < -0.3 is 14.4 Å². The third-order valence-electron chi connectivity index (χ3n) is 3.86. The fourth-order valence-corrected chi connectivity index (χ4v) is 2.81. The topological polar surface area (TPSA) is 77.2 Å². The van der Waals surface area contributed by atoms with Gasteiger partial charge in [0.05, 0.1) is 12.5 Å². The van der Waals surface area contributed by atoms with Crippen LogP contribution in [0.25, 0.3) is 0 Å². The molecule has 1 saturated heterocycles. The highest BCUT2D eigenvalue weighted by Gasteiger charge is 2.30. The zero-order chi connectivity index (χ0) is 12.5. The summed E-state index contributed by atoms with van der Waals surface area (Å²) >= 11 is 0. The van der Waals surface area contributed by atoms with Crippen LogP contribution < -0.4 is 0 Å². The molecule has 2 unspecified atom stereocenters. The Morgan fingerprint density at radius 1 is 1.39 bits per heavy atom. The van der Waals surface area contributed by atoms with Gasteiger partial charge in [-0.05, 0) is 19.3 Å². The molecule has 0 amide bonds. The van der Waals surface area contributed by atoms with E-state index in [2.05, 4.69) is 14.8 Å². The first kappa shape index (κ1) is 11.6. The van der Waals surface area contributed by atoms with Gasteiger partial charge in [-0.2, -0.15) is 0 Å². The molecule has 2 aliphatic heterocycles. The highest BCUT2D eigenvalue weighted by atomic mass is 16.5. The van der Waals surface area contributed by atoms with E-state index >= 15 is 0 Å². The van der Waals surface area contributed by atoms with Gasteiger partial charge in [-0.15, -0.1) is 10.2 Å². The van der Waals surface area contributed by atoms with Crippen LogP contribution in [0.5, 0.6) is 0 Å². The molecule has 18 heavy (non-hydrogen) atoms. The number of carbonyl (C=O) groups is 1. The van der Waals surface area contributed by atoms with Crippen LogP contribution in [0.4, 0.5) is 0 Å². The molecule has 0 aliphatic carbocycles. The van der Waals surface area contributed by atoms with Crippen molar-refractivity contribution in [2.75, 3.05) is 13.2 Å². The molecule has 1 N–H and O–H groups in total. The van der Waals surface area contributed by atoms with E-state index in [0.29, 0.717) is 31.9 Å². The second-order valence-electron chi connectivity index (χ2n) is 5.07. The van der Waals surface area contributed by atoms with Crippen molar-refractivity contribution in [3.63, 3.8) is 0 Å². The van der Waals surface area contributed by atoms with Crippen LogP contribution in [0.2, 0.25) is 0 Å². The summed E-state index contributed by atoms with van der Waals surface area (Å²) in [5, 5.41) is 17.5. The van der Waals surface area contributed by atoms with Gasteiger partial charge in [0.15, 0.2) is 0 Å². The quantitative estimate of drug-likeness (QED) is 0.842. The molecule has 6 nitrogen and oxygen atoms in total. The van der Waals surface area contributed by atoms with Gasteiger partial charge in [-0.1, -0.05) is 0 Å². The average Bonchev–Trinajstić information content (AvgIpc) is 2.82.